The Kier molecular flexibility index (Phi) is 6.35. The molecule has 6 aromatic carbocycles. The molecular formula is C37H31N. The molecule has 0 saturated carbocycles. The van der Waals surface area contributed by atoms with Crippen LogP contribution in [0.25, 0.3) is 32.7 Å². The molecule has 0 N–H and O–H groups in total. The minimum absolute atomic E-state index is 0.161. The van der Waals surface area contributed by atoms with Gasteiger partial charge in [0.1, 0.15) is 0 Å². The maximum Gasteiger partial charge on any atom is 0.0662 e. The van der Waals surface area contributed by atoms with Gasteiger partial charge in [-0.15, -0.1) is 0 Å². The van der Waals surface area contributed by atoms with Crippen LogP contribution in [-0.4, -0.2) is 5.71 Å². The number of benzene rings is 6. The molecule has 38 heavy (non-hydrogen) atoms. The lowest BCUT2D eigenvalue weighted by molar-refractivity contribution is 1.02. The number of hydrogen-bond donors (Lipinski definition) is 0. The smallest absolute Gasteiger partial charge is 0.0662 e. The van der Waals surface area contributed by atoms with Gasteiger partial charge in [-0.05, 0) is 87.5 Å². The first-order valence-corrected chi connectivity index (χ1v) is 13.3. The van der Waals surface area contributed by atoms with Gasteiger partial charge in [0, 0.05) is 5.92 Å². The minimum atomic E-state index is 0.161. The molecule has 0 saturated heterocycles. The van der Waals surface area contributed by atoms with Crippen LogP contribution in [0.1, 0.15) is 35.1 Å². The van der Waals surface area contributed by atoms with E-state index < -0.39 is 0 Å². The lowest BCUT2D eigenvalue weighted by Crippen LogP contribution is -2.11. The topological polar surface area (TPSA) is 12.4 Å². The van der Waals surface area contributed by atoms with Crippen LogP contribution >= 0.6 is 0 Å². The van der Waals surface area contributed by atoms with Crippen LogP contribution in [0.15, 0.2) is 132 Å². The van der Waals surface area contributed by atoms with E-state index in [1.165, 1.54) is 49.4 Å². The predicted molar refractivity (Wildman–Crippen MR) is 164 cm³/mol. The summed E-state index contributed by atoms with van der Waals surface area (Å²) in [6.45, 7) is 6.52. The van der Waals surface area contributed by atoms with Crippen LogP contribution in [0.5, 0.6) is 0 Å². The highest BCUT2D eigenvalue weighted by molar-refractivity contribution is 6.08. The third-order valence-corrected chi connectivity index (χ3v) is 7.53. The highest BCUT2D eigenvalue weighted by Crippen LogP contribution is 2.31. The summed E-state index contributed by atoms with van der Waals surface area (Å²) in [5.41, 5.74) is 9.48. The van der Waals surface area contributed by atoms with Gasteiger partial charge in [-0.25, -0.2) is 0 Å². The van der Waals surface area contributed by atoms with Crippen molar-refractivity contribution < 1.29 is 0 Å². The maximum atomic E-state index is 5.23. The maximum absolute atomic E-state index is 5.23. The predicted octanol–water partition coefficient (Wildman–Crippen LogP) is 10.2. The summed E-state index contributed by atoms with van der Waals surface area (Å²) in [5.74, 6) is 0.161. The van der Waals surface area contributed by atoms with E-state index in [1.54, 1.807) is 0 Å². The number of fused-ring (bicyclic) bond motifs is 2. The molecule has 1 atom stereocenters. The molecule has 0 heterocycles. The lowest BCUT2D eigenvalue weighted by atomic mass is 9.89. The van der Waals surface area contributed by atoms with Crippen LogP contribution in [0.2, 0.25) is 0 Å². The second-order valence-corrected chi connectivity index (χ2v) is 10.3. The standard InChI is InChI=1S/C37H31N/c1-25-13-14-30-22-31(16-15-29(30)21-25)32-17-18-34-24-35(20-19-33(34)23-32)37(27(3)28-10-5-4-6-11-28)38-36-12-8-7-9-26(36)2/h4-24,27H,1-3H3. The van der Waals surface area contributed by atoms with Crippen LogP contribution in [-0.2, 0) is 0 Å². The molecule has 1 nitrogen and oxygen atoms in total. The van der Waals surface area contributed by atoms with Crippen LogP contribution < -0.4 is 0 Å². The van der Waals surface area contributed by atoms with Crippen molar-refractivity contribution in [2.75, 3.05) is 0 Å². The van der Waals surface area contributed by atoms with Gasteiger partial charge in [-0.1, -0.05) is 116 Å². The first kappa shape index (κ1) is 23.9. The summed E-state index contributed by atoms with van der Waals surface area (Å²) in [6.07, 6.45) is 0. The quantitative estimate of drug-likeness (QED) is 0.214. The highest BCUT2D eigenvalue weighted by Gasteiger charge is 2.17. The molecule has 6 aromatic rings. The van der Waals surface area contributed by atoms with E-state index in [0.717, 1.165) is 17.0 Å². The number of aryl methyl sites for hydroxylation is 2. The summed E-state index contributed by atoms with van der Waals surface area (Å²) < 4.78 is 0. The fraction of sp³-hybridized carbons (Fsp3) is 0.108. The lowest BCUT2D eigenvalue weighted by Gasteiger charge is -2.17. The SMILES string of the molecule is Cc1ccc2cc(-c3ccc4cc(C(=Nc5ccccc5C)C(C)c5ccccc5)ccc4c3)ccc2c1. The molecule has 184 valence electrons. The summed E-state index contributed by atoms with van der Waals surface area (Å²) in [6, 6.07) is 45.9. The van der Waals surface area contributed by atoms with Gasteiger partial charge in [0.25, 0.3) is 0 Å². The normalized spacial score (nSPS) is 12.7. The zero-order valence-corrected chi connectivity index (χ0v) is 22.1. The summed E-state index contributed by atoms with van der Waals surface area (Å²) in [4.78, 5) is 5.23. The molecule has 6 rings (SSSR count). The molecule has 0 aromatic heterocycles. The van der Waals surface area contributed by atoms with Crippen LogP contribution in [0.4, 0.5) is 5.69 Å². The van der Waals surface area contributed by atoms with Gasteiger partial charge in [0.2, 0.25) is 0 Å². The molecule has 0 aliphatic rings. The van der Waals surface area contributed by atoms with Crippen molar-refractivity contribution in [2.24, 2.45) is 4.99 Å². The number of nitrogens with zero attached hydrogens (tertiary/aromatic N) is 1. The van der Waals surface area contributed by atoms with E-state index in [9.17, 15) is 0 Å². The van der Waals surface area contributed by atoms with E-state index in [0.29, 0.717) is 0 Å². The van der Waals surface area contributed by atoms with Crippen molar-refractivity contribution in [3.05, 3.63) is 150 Å². The van der Waals surface area contributed by atoms with Crippen molar-refractivity contribution in [1.82, 2.24) is 0 Å². The van der Waals surface area contributed by atoms with Crippen molar-refractivity contribution in [3.63, 3.8) is 0 Å². The average Bonchev–Trinajstić information content (AvgIpc) is 2.96. The molecule has 0 bridgehead atoms. The van der Waals surface area contributed by atoms with E-state index in [4.69, 9.17) is 4.99 Å². The highest BCUT2D eigenvalue weighted by atomic mass is 14.8. The first-order chi connectivity index (χ1) is 18.5. The summed E-state index contributed by atoms with van der Waals surface area (Å²) >= 11 is 0. The fourth-order valence-corrected chi connectivity index (χ4v) is 5.26. The van der Waals surface area contributed by atoms with E-state index in [-0.39, 0.29) is 5.92 Å². The Balaban J connectivity index is 1.42. The van der Waals surface area contributed by atoms with Gasteiger partial charge < -0.3 is 0 Å². The van der Waals surface area contributed by atoms with Crippen LogP contribution in [0, 0.1) is 13.8 Å². The molecule has 0 spiro atoms. The molecule has 0 aliphatic heterocycles. The summed E-state index contributed by atoms with van der Waals surface area (Å²) in [5, 5.41) is 5.01. The summed E-state index contributed by atoms with van der Waals surface area (Å²) in [7, 11) is 0. The number of hydrogen-bond acceptors (Lipinski definition) is 1. The van der Waals surface area contributed by atoms with Gasteiger partial charge in [0.05, 0.1) is 11.4 Å². The Morgan fingerprint density at radius 3 is 1.84 bits per heavy atom. The molecule has 0 aliphatic carbocycles. The Hall–Kier alpha value is -4.49. The molecule has 1 heteroatoms. The van der Waals surface area contributed by atoms with Crippen molar-refractivity contribution in [1.29, 1.82) is 0 Å². The van der Waals surface area contributed by atoms with Gasteiger partial charge in [-0.2, -0.15) is 0 Å². The molecule has 1 unspecified atom stereocenters. The van der Waals surface area contributed by atoms with Crippen molar-refractivity contribution in [2.45, 2.75) is 26.7 Å². The largest absolute Gasteiger partial charge is 0.252 e. The first-order valence-electron chi connectivity index (χ1n) is 13.3. The van der Waals surface area contributed by atoms with Gasteiger partial charge in [0.15, 0.2) is 0 Å². The second-order valence-electron chi connectivity index (χ2n) is 10.3. The molecular weight excluding hydrogens is 458 g/mol. The fourth-order valence-electron chi connectivity index (χ4n) is 5.26. The third-order valence-electron chi connectivity index (χ3n) is 7.53. The second kappa shape index (κ2) is 10.1. The van der Waals surface area contributed by atoms with E-state index in [1.807, 2.05) is 0 Å². The number of rotatable bonds is 5. The van der Waals surface area contributed by atoms with Gasteiger partial charge >= 0.3 is 0 Å². The molecule has 0 fully saturated rings. The Bertz CT molecular complexity index is 1790. The van der Waals surface area contributed by atoms with Crippen LogP contribution in [0.3, 0.4) is 0 Å². The Morgan fingerprint density at radius 2 is 1.13 bits per heavy atom. The number of para-hydroxylation sites is 1. The Morgan fingerprint density at radius 1 is 0.553 bits per heavy atom. The van der Waals surface area contributed by atoms with E-state index >= 15 is 0 Å². The average molecular weight is 490 g/mol. The zero-order chi connectivity index (χ0) is 26.1. The molecule has 0 amide bonds. The molecule has 0 radical (unpaired) electrons. The number of aliphatic imine (C=N–C) groups is 1. The minimum Gasteiger partial charge on any atom is -0.252 e. The third kappa shape index (κ3) is 4.76. The van der Waals surface area contributed by atoms with Crippen molar-refractivity contribution in [3.8, 4) is 11.1 Å². The zero-order valence-electron chi connectivity index (χ0n) is 22.1. The van der Waals surface area contributed by atoms with Gasteiger partial charge in [-0.3, -0.25) is 4.99 Å². The van der Waals surface area contributed by atoms with E-state index in [2.05, 4.69) is 148 Å². The Labute approximate surface area is 225 Å². The monoisotopic (exact) mass is 489 g/mol. The van der Waals surface area contributed by atoms with Crippen molar-refractivity contribution >= 4 is 32.9 Å².